The molecule has 6 nitrogen and oxygen atoms in total. The lowest BCUT2D eigenvalue weighted by atomic mass is 9.80. The van der Waals surface area contributed by atoms with E-state index >= 15 is 0 Å². The van der Waals surface area contributed by atoms with Gasteiger partial charge in [0, 0.05) is 35.9 Å². The molecule has 2 unspecified atom stereocenters. The van der Waals surface area contributed by atoms with Crippen LogP contribution in [0, 0.1) is 0 Å². The molecule has 0 saturated carbocycles. The lowest BCUT2D eigenvalue weighted by Crippen LogP contribution is -2.58. The molecule has 1 fully saturated rings. The third-order valence-electron chi connectivity index (χ3n) is 7.07. The number of urea groups is 1. The van der Waals surface area contributed by atoms with Crippen LogP contribution >= 0.6 is 0 Å². The van der Waals surface area contributed by atoms with E-state index in [0.29, 0.717) is 12.8 Å². The van der Waals surface area contributed by atoms with Gasteiger partial charge in [-0.15, -0.1) is 0 Å². The van der Waals surface area contributed by atoms with Gasteiger partial charge < -0.3 is 20.1 Å². The fraction of sp³-hybridized carbons (Fsp3) is 0.308. The maximum absolute atomic E-state index is 13.7. The van der Waals surface area contributed by atoms with Crippen molar-refractivity contribution in [1.82, 2.24) is 14.8 Å². The van der Waals surface area contributed by atoms with Gasteiger partial charge in [-0.05, 0) is 60.6 Å². The van der Waals surface area contributed by atoms with Crippen LogP contribution in [0.15, 0.2) is 60.8 Å². The van der Waals surface area contributed by atoms with Crippen molar-refractivity contribution < 1.29 is 9.59 Å². The molecule has 2 N–H and O–H groups in total. The summed E-state index contributed by atoms with van der Waals surface area (Å²) in [5, 5.41) is 4.28. The van der Waals surface area contributed by atoms with Gasteiger partial charge in [-0.25, -0.2) is 4.79 Å². The second kappa shape index (κ2) is 7.55. The second-order valence-corrected chi connectivity index (χ2v) is 8.91. The zero-order valence-corrected chi connectivity index (χ0v) is 17.9. The Bertz CT molecular complexity index is 1220. The summed E-state index contributed by atoms with van der Waals surface area (Å²) in [5.41, 5.74) is 5.37. The molecular weight excluding hydrogens is 400 g/mol. The van der Waals surface area contributed by atoms with Crippen molar-refractivity contribution in [2.75, 3.05) is 18.4 Å². The number of amides is 3. The van der Waals surface area contributed by atoms with E-state index in [1.54, 1.807) is 0 Å². The summed E-state index contributed by atoms with van der Waals surface area (Å²) in [6.07, 6.45) is 7.56. The minimum Gasteiger partial charge on any atom is -0.361 e. The molecule has 3 aromatic rings. The molecule has 3 heterocycles. The minimum absolute atomic E-state index is 0.0686. The molecule has 32 heavy (non-hydrogen) atoms. The van der Waals surface area contributed by atoms with Gasteiger partial charge in [0.2, 0.25) is 5.91 Å². The number of benzene rings is 2. The fourth-order valence-corrected chi connectivity index (χ4v) is 5.58. The fourth-order valence-electron chi connectivity index (χ4n) is 5.58. The zero-order chi connectivity index (χ0) is 21.7. The molecule has 1 aliphatic carbocycles. The number of H-pyrrole nitrogens is 1. The van der Waals surface area contributed by atoms with Crippen molar-refractivity contribution in [2.24, 2.45) is 0 Å². The lowest BCUT2D eigenvalue weighted by Gasteiger charge is -2.44. The van der Waals surface area contributed by atoms with Crippen molar-refractivity contribution >= 4 is 34.1 Å². The topological polar surface area (TPSA) is 68.4 Å². The number of hydrogen-bond acceptors (Lipinski definition) is 2. The molecule has 0 radical (unpaired) electrons. The van der Waals surface area contributed by atoms with Gasteiger partial charge in [-0.1, -0.05) is 36.4 Å². The number of aromatic nitrogens is 1. The molecule has 6 rings (SSSR count). The zero-order valence-electron chi connectivity index (χ0n) is 17.9. The van der Waals surface area contributed by atoms with Gasteiger partial charge in [-0.3, -0.25) is 4.79 Å². The number of anilines is 1. The van der Waals surface area contributed by atoms with Crippen LogP contribution in [0.5, 0.6) is 0 Å². The van der Waals surface area contributed by atoms with Crippen molar-refractivity contribution in [2.45, 2.75) is 37.8 Å². The van der Waals surface area contributed by atoms with Gasteiger partial charge in [0.15, 0.2) is 0 Å². The summed E-state index contributed by atoms with van der Waals surface area (Å²) >= 11 is 0. The van der Waals surface area contributed by atoms with Crippen molar-refractivity contribution in [3.63, 3.8) is 0 Å². The number of fused-ring (bicyclic) bond motifs is 2. The Balaban J connectivity index is 1.41. The normalized spacial score (nSPS) is 21.9. The third kappa shape index (κ3) is 3.01. The molecule has 1 saturated heterocycles. The lowest BCUT2D eigenvalue weighted by molar-refractivity contribution is -0.135. The minimum atomic E-state index is -0.481. The van der Waals surface area contributed by atoms with E-state index in [-0.39, 0.29) is 18.0 Å². The van der Waals surface area contributed by atoms with Crippen LogP contribution in [-0.4, -0.2) is 51.9 Å². The Labute approximate surface area is 186 Å². The molecule has 3 aliphatic rings. The molecule has 2 aromatic carbocycles. The summed E-state index contributed by atoms with van der Waals surface area (Å²) in [7, 11) is 0. The van der Waals surface area contributed by atoms with Gasteiger partial charge in [-0.2, -0.15) is 0 Å². The van der Waals surface area contributed by atoms with E-state index in [1.807, 2.05) is 46.3 Å². The van der Waals surface area contributed by atoms with Crippen LogP contribution in [-0.2, 0) is 11.2 Å². The largest absolute Gasteiger partial charge is 0.361 e. The van der Waals surface area contributed by atoms with Crippen LogP contribution < -0.4 is 5.32 Å². The third-order valence-corrected chi connectivity index (χ3v) is 7.07. The second-order valence-electron chi connectivity index (χ2n) is 8.91. The molecule has 3 amide bonds. The first kappa shape index (κ1) is 19.2. The Morgan fingerprint density at radius 1 is 1.00 bits per heavy atom. The SMILES string of the molecule is O=C(C1CC=C2c3cccc4[nH]cc(c34)CC2N1C(=O)Nc1ccccc1)N1CCCC1. The molecule has 2 atom stereocenters. The van der Waals surface area contributed by atoms with Crippen LogP contribution in [0.25, 0.3) is 16.5 Å². The quantitative estimate of drug-likeness (QED) is 0.638. The molecular formula is C26H26N4O2. The Kier molecular flexibility index (Phi) is 4.52. The maximum atomic E-state index is 13.7. The predicted molar refractivity (Wildman–Crippen MR) is 125 cm³/mol. The van der Waals surface area contributed by atoms with E-state index in [9.17, 15) is 9.59 Å². The van der Waals surface area contributed by atoms with E-state index in [0.717, 1.165) is 42.7 Å². The highest BCUT2D eigenvalue weighted by Gasteiger charge is 2.43. The Morgan fingerprint density at radius 2 is 1.81 bits per heavy atom. The number of likely N-dealkylation sites (tertiary alicyclic amines) is 1. The molecule has 0 bridgehead atoms. The van der Waals surface area contributed by atoms with Crippen LogP contribution in [0.4, 0.5) is 10.5 Å². The first-order valence-electron chi connectivity index (χ1n) is 11.4. The van der Waals surface area contributed by atoms with Crippen molar-refractivity contribution in [3.05, 3.63) is 71.9 Å². The van der Waals surface area contributed by atoms with E-state index < -0.39 is 6.04 Å². The molecule has 6 heteroatoms. The van der Waals surface area contributed by atoms with Crippen LogP contribution in [0.2, 0.25) is 0 Å². The smallest absolute Gasteiger partial charge is 0.323 e. The van der Waals surface area contributed by atoms with Crippen molar-refractivity contribution in [3.8, 4) is 0 Å². The van der Waals surface area contributed by atoms with E-state index in [2.05, 4.69) is 34.6 Å². The Morgan fingerprint density at radius 3 is 2.62 bits per heavy atom. The number of rotatable bonds is 2. The average Bonchev–Trinajstić information content (AvgIpc) is 3.50. The highest BCUT2D eigenvalue weighted by molar-refractivity contribution is 6.02. The first-order chi connectivity index (χ1) is 15.7. The number of nitrogens with one attached hydrogen (secondary N) is 2. The monoisotopic (exact) mass is 426 g/mol. The number of aromatic amines is 1. The summed E-state index contributed by atoms with van der Waals surface area (Å²) in [4.78, 5) is 34.3. The number of para-hydroxylation sites is 1. The van der Waals surface area contributed by atoms with Gasteiger partial charge >= 0.3 is 6.03 Å². The van der Waals surface area contributed by atoms with Crippen LogP contribution in [0.3, 0.4) is 0 Å². The predicted octanol–water partition coefficient (Wildman–Crippen LogP) is 4.40. The number of hydrogen-bond donors (Lipinski definition) is 2. The van der Waals surface area contributed by atoms with E-state index in [4.69, 9.17) is 0 Å². The van der Waals surface area contributed by atoms with Gasteiger partial charge in [0.25, 0.3) is 0 Å². The summed E-state index contributed by atoms with van der Waals surface area (Å²) in [6, 6.07) is 14.9. The maximum Gasteiger partial charge on any atom is 0.323 e. The number of nitrogens with zero attached hydrogens (tertiary/aromatic N) is 2. The highest BCUT2D eigenvalue weighted by Crippen LogP contribution is 2.42. The number of carbonyl (C=O) groups excluding carboxylic acids is 2. The summed E-state index contributed by atoms with van der Waals surface area (Å²) in [6.45, 7) is 1.57. The van der Waals surface area contributed by atoms with Gasteiger partial charge in [0.1, 0.15) is 6.04 Å². The highest BCUT2D eigenvalue weighted by atomic mass is 16.2. The summed E-state index contributed by atoms with van der Waals surface area (Å²) < 4.78 is 0. The molecule has 2 aliphatic heterocycles. The molecule has 1 aromatic heterocycles. The van der Waals surface area contributed by atoms with Crippen molar-refractivity contribution in [1.29, 1.82) is 0 Å². The number of carbonyl (C=O) groups is 2. The van der Waals surface area contributed by atoms with E-state index in [1.165, 1.54) is 16.5 Å². The summed E-state index contributed by atoms with van der Waals surface area (Å²) in [5.74, 6) is 0.0686. The van der Waals surface area contributed by atoms with Crippen LogP contribution in [0.1, 0.15) is 30.4 Å². The Hall–Kier alpha value is -3.54. The van der Waals surface area contributed by atoms with Gasteiger partial charge in [0.05, 0.1) is 6.04 Å². The molecule has 0 spiro atoms. The standard InChI is InChI=1S/C26H26N4O2/c31-25(29-13-4-5-14-29)22-12-11-19-20-9-6-10-21-24(20)17(16-27-21)15-23(19)30(22)26(32)28-18-7-2-1-3-8-18/h1-3,6-11,16,22-23,27H,4-5,12-15H2,(H,28,32). The first-order valence-corrected chi connectivity index (χ1v) is 11.4. The average molecular weight is 427 g/mol. The molecule has 162 valence electrons.